The molecule has 4 heteroatoms. The van der Waals surface area contributed by atoms with Crippen LogP contribution in [0.2, 0.25) is 5.02 Å². The number of aryl methyl sites for hydroxylation is 1. The highest BCUT2D eigenvalue weighted by Crippen LogP contribution is 2.32. The molecule has 1 atom stereocenters. The second-order valence-corrected chi connectivity index (χ2v) is 4.84. The van der Waals surface area contributed by atoms with Crippen LogP contribution in [-0.2, 0) is 6.42 Å². The molecule has 0 fully saturated rings. The second kappa shape index (κ2) is 4.76. The highest BCUT2D eigenvalue weighted by molar-refractivity contribution is 6.34. The summed E-state index contributed by atoms with van der Waals surface area (Å²) in [5, 5.41) is 1.55. The fourth-order valence-corrected chi connectivity index (χ4v) is 2.49. The van der Waals surface area contributed by atoms with Crippen molar-refractivity contribution in [2.24, 2.45) is 5.73 Å². The van der Waals surface area contributed by atoms with Crippen molar-refractivity contribution < 1.29 is 8.83 Å². The Bertz CT molecular complexity index is 714. The summed E-state index contributed by atoms with van der Waals surface area (Å²) < 4.78 is 11.2. The molecule has 19 heavy (non-hydrogen) atoms. The monoisotopic (exact) mass is 275 g/mol. The topological polar surface area (TPSA) is 52.3 Å². The number of benzene rings is 1. The molecular formula is C15H14ClNO2. The molecule has 0 bridgehead atoms. The Morgan fingerprint density at radius 3 is 2.89 bits per heavy atom. The second-order valence-electron chi connectivity index (χ2n) is 4.44. The van der Waals surface area contributed by atoms with E-state index in [9.17, 15) is 0 Å². The van der Waals surface area contributed by atoms with Gasteiger partial charge in [-0.2, -0.15) is 0 Å². The minimum absolute atomic E-state index is 0.336. The lowest BCUT2D eigenvalue weighted by Gasteiger charge is -2.07. The standard InChI is InChI=1S/C15H14ClNO2/c1-2-12-10(6-7-18-12)14(17)13-8-9-4-3-5-11(16)15(9)19-13/h3-8,14H,2,17H2,1H3. The number of para-hydroxylation sites is 1. The molecule has 0 aliphatic rings. The number of hydrogen-bond donors (Lipinski definition) is 1. The lowest BCUT2D eigenvalue weighted by molar-refractivity contribution is 0.493. The van der Waals surface area contributed by atoms with Gasteiger partial charge in [0, 0.05) is 17.4 Å². The van der Waals surface area contributed by atoms with Gasteiger partial charge in [0.1, 0.15) is 11.5 Å². The summed E-state index contributed by atoms with van der Waals surface area (Å²) in [7, 11) is 0. The lowest BCUT2D eigenvalue weighted by atomic mass is 10.0. The Hall–Kier alpha value is -1.71. The van der Waals surface area contributed by atoms with Crippen LogP contribution in [0, 0.1) is 0 Å². The fraction of sp³-hybridized carbons (Fsp3) is 0.200. The summed E-state index contributed by atoms with van der Waals surface area (Å²) >= 11 is 6.11. The van der Waals surface area contributed by atoms with Gasteiger partial charge in [0.05, 0.1) is 17.3 Å². The molecule has 0 saturated heterocycles. The van der Waals surface area contributed by atoms with Crippen molar-refractivity contribution in [3.05, 3.63) is 58.7 Å². The van der Waals surface area contributed by atoms with Crippen molar-refractivity contribution in [1.29, 1.82) is 0 Å². The van der Waals surface area contributed by atoms with E-state index >= 15 is 0 Å². The first kappa shape index (κ1) is 12.3. The molecule has 3 nitrogen and oxygen atoms in total. The summed E-state index contributed by atoms with van der Waals surface area (Å²) in [5.74, 6) is 1.58. The third-order valence-corrected chi connectivity index (χ3v) is 3.56. The molecule has 3 aromatic rings. The van der Waals surface area contributed by atoms with Gasteiger partial charge in [0.25, 0.3) is 0 Å². The zero-order valence-corrected chi connectivity index (χ0v) is 11.3. The van der Waals surface area contributed by atoms with E-state index in [2.05, 4.69) is 0 Å². The van der Waals surface area contributed by atoms with Crippen molar-refractivity contribution in [2.75, 3.05) is 0 Å². The smallest absolute Gasteiger partial charge is 0.152 e. The van der Waals surface area contributed by atoms with E-state index in [1.165, 1.54) is 0 Å². The van der Waals surface area contributed by atoms with Gasteiger partial charge >= 0.3 is 0 Å². The van der Waals surface area contributed by atoms with Crippen LogP contribution in [0.5, 0.6) is 0 Å². The molecule has 0 aliphatic heterocycles. The molecule has 0 aliphatic carbocycles. The number of rotatable bonds is 3. The zero-order chi connectivity index (χ0) is 13.4. The van der Waals surface area contributed by atoms with Crippen molar-refractivity contribution in [1.82, 2.24) is 0 Å². The quantitative estimate of drug-likeness (QED) is 0.776. The number of fused-ring (bicyclic) bond motifs is 1. The first-order valence-electron chi connectivity index (χ1n) is 6.20. The van der Waals surface area contributed by atoms with E-state index in [-0.39, 0.29) is 6.04 Å². The number of nitrogens with two attached hydrogens (primary N) is 1. The SMILES string of the molecule is CCc1occc1C(N)c1cc2cccc(Cl)c2o1. The maximum atomic E-state index is 6.25. The van der Waals surface area contributed by atoms with Crippen molar-refractivity contribution in [2.45, 2.75) is 19.4 Å². The molecule has 1 aromatic carbocycles. The van der Waals surface area contributed by atoms with E-state index in [4.69, 9.17) is 26.2 Å². The lowest BCUT2D eigenvalue weighted by Crippen LogP contribution is -2.11. The van der Waals surface area contributed by atoms with Crippen LogP contribution < -0.4 is 5.73 Å². The number of furan rings is 2. The zero-order valence-electron chi connectivity index (χ0n) is 10.5. The Kier molecular flexibility index (Phi) is 3.09. The molecular weight excluding hydrogens is 262 g/mol. The van der Waals surface area contributed by atoms with Crippen LogP contribution in [-0.4, -0.2) is 0 Å². The minimum atomic E-state index is -0.336. The highest BCUT2D eigenvalue weighted by Gasteiger charge is 2.19. The van der Waals surface area contributed by atoms with Crippen molar-refractivity contribution in [3.63, 3.8) is 0 Å². The first-order chi connectivity index (χ1) is 9.20. The summed E-state index contributed by atoms with van der Waals surface area (Å²) in [4.78, 5) is 0. The van der Waals surface area contributed by atoms with Crippen LogP contribution in [0.1, 0.15) is 30.0 Å². The van der Waals surface area contributed by atoms with E-state index in [1.54, 1.807) is 12.3 Å². The molecule has 2 aromatic heterocycles. The van der Waals surface area contributed by atoms with Crippen LogP contribution in [0.3, 0.4) is 0 Å². The first-order valence-corrected chi connectivity index (χ1v) is 6.58. The van der Waals surface area contributed by atoms with Gasteiger partial charge in [-0.1, -0.05) is 30.7 Å². The Labute approximate surface area is 115 Å². The van der Waals surface area contributed by atoms with Crippen molar-refractivity contribution >= 4 is 22.6 Å². The third-order valence-electron chi connectivity index (χ3n) is 3.26. The maximum absolute atomic E-state index is 6.25. The molecule has 0 saturated carbocycles. The summed E-state index contributed by atoms with van der Waals surface area (Å²) in [6, 6.07) is 9.13. The maximum Gasteiger partial charge on any atom is 0.152 e. The number of hydrogen-bond acceptors (Lipinski definition) is 3. The summed E-state index contributed by atoms with van der Waals surface area (Å²) in [6.07, 6.45) is 2.46. The largest absolute Gasteiger partial charge is 0.469 e. The van der Waals surface area contributed by atoms with Crippen LogP contribution in [0.15, 0.2) is 45.4 Å². The fourth-order valence-electron chi connectivity index (χ4n) is 2.27. The molecule has 98 valence electrons. The molecule has 0 amide bonds. The summed E-state index contributed by atoms with van der Waals surface area (Å²) in [5.41, 5.74) is 7.89. The van der Waals surface area contributed by atoms with Gasteiger partial charge < -0.3 is 14.6 Å². The molecule has 3 rings (SSSR count). The van der Waals surface area contributed by atoms with Gasteiger partial charge in [-0.15, -0.1) is 0 Å². The van der Waals surface area contributed by atoms with Crippen LogP contribution in [0.25, 0.3) is 11.0 Å². The molecule has 0 radical (unpaired) electrons. The van der Waals surface area contributed by atoms with Crippen molar-refractivity contribution in [3.8, 4) is 0 Å². The van der Waals surface area contributed by atoms with E-state index in [1.807, 2.05) is 31.2 Å². The van der Waals surface area contributed by atoms with Crippen LogP contribution >= 0.6 is 11.6 Å². The Balaban J connectivity index is 2.07. The Morgan fingerprint density at radius 1 is 1.32 bits per heavy atom. The van der Waals surface area contributed by atoms with E-state index in [0.717, 1.165) is 23.1 Å². The number of halogens is 1. The minimum Gasteiger partial charge on any atom is -0.469 e. The molecule has 2 N–H and O–H groups in total. The average molecular weight is 276 g/mol. The normalized spacial score (nSPS) is 13.0. The van der Waals surface area contributed by atoms with Gasteiger partial charge in [0.15, 0.2) is 5.58 Å². The highest BCUT2D eigenvalue weighted by atomic mass is 35.5. The predicted molar refractivity (Wildman–Crippen MR) is 75.3 cm³/mol. The van der Waals surface area contributed by atoms with E-state index < -0.39 is 0 Å². The Morgan fingerprint density at radius 2 is 2.16 bits per heavy atom. The molecule has 2 heterocycles. The van der Waals surface area contributed by atoms with E-state index in [0.29, 0.717) is 16.4 Å². The third kappa shape index (κ3) is 2.05. The molecule has 0 spiro atoms. The van der Waals surface area contributed by atoms with Gasteiger partial charge in [-0.3, -0.25) is 0 Å². The summed E-state index contributed by atoms with van der Waals surface area (Å²) in [6.45, 7) is 2.03. The average Bonchev–Trinajstić information content (AvgIpc) is 3.04. The van der Waals surface area contributed by atoms with Crippen LogP contribution in [0.4, 0.5) is 0 Å². The van der Waals surface area contributed by atoms with Gasteiger partial charge in [-0.05, 0) is 18.2 Å². The van der Waals surface area contributed by atoms with Gasteiger partial charge in [0.2, 0.25) is 0 Å². The predicted octanol–water partition coefficient (Wildman–Crippen LogP) is 4.29. The van der Waals surface area contributed by atoms with Gasteiger partial charge in [-0.25, -0.2) is 0 Å². The molecule has 1 unspecified atom stereocenters.